The summed E-state index contributed by atoms with van der Waals surface area (Å²) in [4.78, 5) is 12.4. The second-order valence-corrected chi connectivity index (χ2v) is 6.12. The Kier molecular flexibility index (Phi) is 5.47. The van der Waals surface area contributed by atoms with Crippen molar-refractivity contribution >= 4 is 11.6 Å². The molecule has 5 nitrogen and oxygen atoms in total. The van der Waals surface area contributed by atoms with E-state index in [9.17, 15) is 31.1 Å². The maximum atomic E-state index is 14.2. The molecule has 0 spiro atoms. The van der Waals surface area contributed by atoms with E-state index in [4.69, 9.17) is 4.74 Å². The Morgan fingerprint density at radius 1 is 1.07 bits per heavy atom. The highest BCUT2D eigenvalue weighted by Gasteiger charge is 2.36. The number of alkyl halides is 3. The lowest BCUT2D eigenvalue weighted by molar-refractivity contribution is -0.137. The van der Waals surface area contributed by atoms with Crippen molar-refractivity contribution in [2.75, 3.05) is 12.4 Å². The van der Waals surface area contributed by atoms with Gasteiger partial charge in [0.05, 0.1) is 18.4 Å². The number of aryl methyl sites for hydroxylation is 1. The Bertz CT molecular complexity index is 1100. The zero-order valence-corrected chi connectivity index (χ0v) is 15.4. The van der Waals surface area contributed by atoms with Gasteiger partial charge in [-0.3, -0.25) is 9.48 Å². The SMILES string of the molecule is COc1cc(F)c(NC(=O)c2cc(-c3c(F)cccc3C(F)(F)F)n(C)n2)c(F)c1. The topological polar surface area (TPSA) is 56.1 Å². The number of aromatic nitrogens is 2. The molecule has 0 radical (unpaired) electrons. The molecule has 2 aromatic carbocycles. The predicted octanol–water partition coefficient (Wildman–Crippen LogP) is 4.78. The highest BCUT2D eigenvalue weighted by molar-refractivity contribution is 6.03. The van der Waals surface area contributed by atoms with Crippen LogP contribution < -0.4 is 10.1 Å². The van der Waals surface area contributed by atoms with E-state index < -0.39 is 52.0 Å². The number of anilines is 1. The molecule has 11 heteroatoms. The smallest absolute Gasteiger partial charge is 0.417 e. The number of amides is 1. The molecule has 1 heterocycles. The minimum atomic E-state index is -4.86. The minimum Gasteiger partial charge on any atom is -0.497 e. The predicted molar refractivity (Wildman–Crippen MR) is 94.5 cm³/mol. The van der Waals surface area contributed by atoms with Crippen LogP contribution in [0.3, 0.4) is 0 Å². The summed E-state index contributed by atoms with van der Waals surface area (Å²) in [5.74, 6) is -4.67. The van der Waals surface area contributed by atoms with Crippen LogP contribution in [0.15, 0.2) is 36.4 Å². The molecular formula is C19H13F6N3O2. The molecule has 0 aliphatic carbocycles. The van der Waals surface area contributed by atoms with Crippen molar-refractivity contribution in [1.82, 2.24) is 9.78 Å². The van der Waals surface area contributed by atoms with E-state index >= 15 is 0 Å². The Labute approximate surface area is 165 Å². The first-order valence-electron chi connectivity index (χ1n) is 8.27. The van der Waals surface area contributed by atoms with E-state index in [0.29, 0.717) is 6.07 Å². The van der Waals surface area contributed by atoms with E-state index in [1.165, 1.54) is 14.2 Å². The standard InChI is InChI=1S/C19H13F6N3O2/c1-28-15(16-10(19(23,24)25)4-3-5-11(16)20)8-14(27-28)18(29)26-17-12(21)6-9(30-2)7-13(17)22/h3-8H,1-2H3,(H,26,29). The lowest BCUT2D eigenvalue weighted by Crippen LogP contribution is -2.15. The molecule has 1 N–H and O–H groups in total. The summed E-state index contributed by atoms with van der Waals surface area (Å²) in [6.45, 7) is 0. The van der Waals surface area contributed by atoms with Gasteiger partial charge in [-0.2, -0.15) is 18.3 Å². The number of ether oxygens (including phenoxy) is 1. The molecule has 3 rings (SSSR count). The van der Waals surface area contributed by atoms with Gasteiger partial charge in [0.15, 0.2) is 17.3 Å². The Hall–Kier alpha value is -3.50. The average molecular weight is 429 g/mol. The van der Waals surface area contributed by atoms with Gasteiger partial charge in [0.1, 0.15) is 17.3 Å². The molecule has 0 atom stereocenters. The third kappa shape index (κ3) is 3.95. The molecule has 158 valence electrons. The fraction of sp³-hybridized carbons (Fsp3) is 0.158. The van der Waals surface area contributed by atoms with Crippen LogP contribution in [0.1, 0.15) is 16.1 Å². The molecule has 1 aromatic heterocycles. The maximum absolute atomic E-state index is 14.2. The van der Waals surface area contributed by atoms with Crippen LogP contribution in [0.5, 0.6) is 5.75 Å². The van der Waals surface area contributed by atoms with Crippen molar-refractivity contribution in [2.24, 2.45) is 7.05 Å². The van der Waals surface area contributed by atoms with Crippen LogP contribution in [0.2, 0.25) is 0 Å². The van der Waals surface area contributed by atoms with Crippen LogP contribution >= 0.6 is 0 Å². The van der Waals surface area contributed by atoms with Crippen molar-refractivity contribution in [1.29, 1.82) is 0 Å². The van der Waals surface area contributed by atoms with Crippen molar-refractivity contribution in [3.8, 4) is 17.0 Å². The Morgan fingerprint density at radius 3 is 2.27 bits per heavy atom. The number of hydrogen-bond donors (Lipinski definition) is 1. The fourth-order valence-electron chi connectivity index (χ4n) is 2.80. The molecular weight excluding hydrogens is 416 g/mol. The lowest BCUT2D eigenvalue weighted by atomic mass is 10.0. The van der Waals surface area contributed by atoms with Crippen LogP contribution in [-0.4, -0.2) is 22.8 Å². The number of rotatable bonds is 4. The normalized spacial score (nSPS) is 11.5. The van der Waals surface area contributed by atoms with E-state index in [1.54, 1.807) is 0 Å². The summed E-state index contributed by atoms with van der Waals surface area (Å²) in [5.41, 5.74) is -3.68. The first-order valence-corrected chi connectivity index (χ1v) is 8.27. The van der Waals surface area contributed by atoms with Crippen molar-refractivity contribution in [3.05, 3.63) is 65.1 Å². The maximum Gasteiger partial charge on any atom is 0.417 e. The van der Waals surface area contributed by atoms with Crippen LogP contribution in [0.4, 0.5) is 32.0 Å². The molecule has 0 aliphatic rings. The van der Waals surface area contributed by atoms with E-state index in [1.807, 2.05) is 5.32 Å². The summed E-state index contributed by atoms with van der Waals surface area (Å²) in [6, 6.07) is 4.98. The van der Waals surface area contributed by atoms with Crippen LogP contribution in [0, 0.1) is 17.5 Å². The second-order valence-electron chi connectivity index (χ2n) is 6.12. The summed E-state index contributed by atoms with van der Waals surface area (Å²) in [7, 11) is 2.40. The monoisotopic (exact) mass is 429 g/mol. The number of halogens is 6. The summed E-state index contributed by atoms with van der Waals surface area (Å²) in [6.07, 6.45) is -4.86. The first-order chi connectivity index (χ1) is 14.0. The number of carbonyl (C=O) groups excluding carboxylic acids is 1. The highest BCUT2D eigenvalue weighted by Crippen LogP contribution is 2.38. The molecule has 0 bridgehead atoms. The number of methoxy groups -OCH3 is 1. The van der Waals surface area contributed by atoms with Crippen LogP contribution in [0.25, 0.3) is 11.3 Å². The van der Waals surface area contributed by atoms with Gasteiger partial charge in [0.2, 0.25) is 0 Å². The van der Waals surface area contributed by atoms with Crippen molar-refractivity contribution < 1.29 is 35.9 Å². The van der Waals surface area contributed by atoms with Gasteiger partial charge in [-0.1, -0.05) is 6.07 Å². The van der Waals surface area contributed by atoms with Gasteiger partial charge < -0.3 is 10.1 Å². The summed E-state index contributed by atoms with van der Waals surface area (Å²) < 4.78 is 87.7. The van der Waals surface area contributed by atoms with E-state index in [0.717, 1.165) is 35.0 Å². The van der Waals surface area contributed by atoms with E-state index in [-0.39, 0.29) is 11.4 Å². The van der Waals surface area contributed by atoms with Gasteiger partial charge in [0, 0.05) is 24.7 Å². The molecule has 0 saturated carbocycles. The lowest BCUT2D eigenvalue weighted by Gasteiger charge is -2.13. The van der Waals surface area contributed by atoms with Crippen LogP contribution in [-0.2, 0) is 13.2 Å². The first kappa shape index (κ1) is 21.2. The Morgan fingerprint density at radius 2 is 1.70 bits per heavy atom. The molecule has 0 saturated heterocycles. The molecule has 3 aromatic rings. The number of carbonyl (C=O) groups is 1. The van der Waals surface area contributed by atoms with Gasteiger partial charge in [0.25, 0.3) is 5.91 Å². The van der Waals surface area contributed by atoms with E-state index in [2.05, 4.69) is 5.10 Å². The third-order valence-corrected chi connectivity index (χ3v) is 4.18. The molecule has 1 amide bonds. The Balaban J connectivity index is 2.00. The molecule has 0 fully saturated rings. The number of nitrogens with one attached hydrogen (secondary N) is 1. The summed E-state index contributed by atoms with van der Waals surface area (Å²) >= 11 is 0. The van der Waals surface area contributed by atoms with Gasteiger partial charge >= 0.3 is 6.18 Å². The number of nitrogens with zero attached hydrogens (tertiary/aromatic N) is 2. The molecule has 0 aliphatic heterocycles. The van der Waals surface area contributed by atoms with Crippen molar-refractivity contribution in [3.63, 3.8) is 0 Å². The largest absolute Gasteiger partial charge is 0.497 e. The highest BCUT2D eigenvalue weighted by atomic mass is 19.4. The van der Waals surface area contributed by atoms with Gasteiger partial charge in [-0.15, -0.1) is 0 Å². The molecule has 0 unspecified atom stereocenters. The van der Waals surface area contributed by atoms with Crippen molar-refractivity contribution in [2.45, 2.75) is 6.18 Å². The quantitative estimate of drug-likeness (QED) is 0.608. The zero-order chi connectivity index (χ0) is 22.2. The third-order valence-electron chi connectivity index (χ3n) is 4.18. The molecule has 30 heavy (non-hydrogen) atoms. The average Bonchev–Trinajstić information content (AvgIpc) is 3.04. The minimum absolute atomic E-state index is 0.123. The number of hydrogen-bond acceptors (Lipinski definition) is 3. The second kappa shape index (κ2) is 7.73. The van der Waals surface area contributed by atoms with Gasteiger partial charge in [-0.25, -0.2) is 13.2 Å². The summed E-state index contributed by atoms with van der Waals surface area (Å²) in [5, 5.41) is 5.70. The van der Waals surface area contributed by atoms with Gasteiger partial charge in [-0.05, 0) is 18.2 Å². The zero-order valence-electron chi connectivity index (χ0n) is 15.4. The number of benzene rings is 2. The fourth-order valence-corrected chi connectivity index (χ4v) is 2.80.